The van der Waals surface area contributed by atoms with Gasteiger partial charge in [-0.2, -0.15) is 0 Å². The van der Waals surface area contributed by atoms with Gasteiger partial charge < -0.3 is 9.64 Å². The van der Waals surface area contributed by atoms with E-state index in [1.807, 2.05) is 0 Å². The van der Waals surface area contributed by atoms with E-state index >= 15 is 0 Å². The minimum atomic E-state index is 0.341. The molecule has 3 rings (SSSR count). The molecule has 18 heavy (non-hydrogen) atoms. The van der Waals surface area contributed by atoms with E-state index in [1.165, 1.54) is 24.2 Å². The molecule has 3 heteroatoms. The highest BCUT2D eigenvalue weighted by Crippen LogP contribution is 2.33. The van der Waals surface area contributed by atoms with Crippen LogP contribution in [0.2, 0.25) is 0 Å². The number of ether oxygens (including phenoxy) is 1. The topological polar surface area (TPSA) is 15.7 Å². The molecule has 1 fully saturated rings. The molecule has 0 radical (unpaired) electrons. The maximum Gasteiger partial charge on any atom is 0.127 e. The quantitative estimate of drug-likeness (QED) is 0.791. The van der Waals surface area contributed by atoms with Crippen molar-refractivity contribution >= 4 is 0 Å². The van der Waals surface area contributed by atoms with Gasteiger partial charge >= 0.3 is 0 Å². The van der Waals surface area contributed by atoms with E-state index < -0.39 is 0 Å². The second-order valence-corrected chi connectivity index (χ2v) is 5.62. The number of piperazine rings is 1. The van der Waals surface area contributed by atoms with E-state index in [0.29, 0.717) is 6.10 Å². The molecule has 2 aliphatic heterocycles. The first-order valence-corrected chi connectivity index (χ1v) is 6.90. The van der Waals surface area contributed by atoms with Crippen LogP contribution in [0.3, 0.4) is 0 Å². The van der Waals surface area contributed by atoms with E-state index in [-0.39, 0.29) is 0 Å². The van der Waals surface area contributed by atoms with Gasteiger partial charge in [0, 0.05) is 44.7 Å². The maximum atomic E-state index is 5.96. The Morgan fingerprint density at radius 2 is 2.00 bits per heavy atom. The third kappa shape index (κ3) is 2.38. The van der Waals surface area contributed by atoms with Gasteiger partial charge in [0.1, 0.15) is 11.9 Å². The molecule has 1 aromatic rings. The van der Waals surface area contributed by atoms with Crippen molar-refractivity contribution in [2.24, 2.45) is 0 Å². The first-order valence-electron chi connectivity index (χ1n) is 6.90. The van der Waals surface area contributed by atoms with Crippen LogP contribution in [0, 0.1) is 0 Å². The van der Waals surface area contributed by atoms with Gasteiger partial charge in [-0.3, -0.25) is 4.90 Å². The molecule has 0 bridgehead atoms. The van der Waals surface area contributed by atoms with E-state index in [1.54, 1.807) is 0 Å². The molecule has 0 spiro atoms. The Morgan fingerprint density at radius 1 is 1.22 bits per heavy atom. The van der Waals surface area contributed by atoms with Gasteiger partial charge in [-0.1, -0.05) is 18.2 Å². The van der Waals surface area contributed by atoms with Gasteiger partial charge in [0.25, 0.3) is 0 Å². The van der Waals surface area contributed by atoms with Crippen molar-refractivity contribution in [3.05, 3.63) is 29.3 Å². The van der Waals surface area contributed by atoms with Gasteiger partial charge in [-0.25, -0.2) is 0 Å². The molecule has 2 aliphatic rings. The zero-order valence-electron chi connectivity index (χ0n) is 11.4. The van der Waals surface area contributed by atoms with Crippen molar-refractivity contribution in [2.75, 3.05) is 33.2 Å². The summed E-state index contributed by atoms with van der Waals surface area (Å²) in [6, 6.07) is 6.59. The summed E-state index contributed by atoms with van der Waals surface area (Å²) < 4.78 is 5.96. The summed E-state index contributed by atoms with van der Waals surface area (Å²) in [5.74, 6) is 1.16. The average molecular weight is 246 g/mol. The van der Waals surface area contributed by atoms with Gasteiger partial charge in [-0.15, -0.1) is 0 Å². The molecule has 0 saturated carbocycles. The maximum absolute atomic E-state index is 5.96. The van der Waals surface area contributed by atoms with Crippen LogP contribution in [0.15, 0.2) is 18.2 Å². The first kappa shape index (κ1) is 12.0. The molecule has 0 aliphatic carbocycles. The molecule has 0 N–H and O–H groups in total. The first-order chi connectivity index (χ1) is 8.72. The third-order valence-corrected chi connectivity index (χ3v) is 3.99. The van der Waals surface area contributed by atoms with E-state index in [4.69, 9.17) is 4.74 Å². The molecule has 2 heterocycles. The standard InChI is InChI=1S/C15H22N2O/c1-12-10-13-4-3-5-14(15(13)18-12)11-17-8-6-16(2)7-9-17/h3-5,12H,6-11H2,1-2H3. The number of benzene rings is 1. The number of nitrogens with zero attached hydrogens (tertiary/aromatic N) is 2. The van der Waals surface area contributed by atoms with Crippen molar-refractivity contribution in [3.63, 3.8) is 0 Å². The minimum Gasteiger partial charge on any atom is -0.490 e. The van der Waals surface area contributed by atoms with Crippen molar-refractivity contribution in [1.29, 1.82) is 0 Å². The SMILES string of the molecule is CC1Cc2cccc(CN3CCN(C)CC3)c2O1. The van der Waals surface area contributed by atoms with Crippen LogP contribution in [-0.4, -0.2) is 49.1 Å². The zero-order valence-corrected chi connectivity index (χ0v) is 11.4. The summed E-state index contributed by atoms with van der Waals surface area (Å²) in [4.78, 5) is 4.92. The van der Waals surface area contributed by atoms with Gasteiger partial charge in [-0.05, 0) is 19.5 Å². The van der Waals surface area contributed by atoms with Gasteiger partial charge in [0.2, 0.25) is 0 Å². The monoisotopic (exact) mass is 246 g/mol. The van der Waals surface area contributed by atoms with Crippen molar-refractivity contribution < 1.29 is 4.74 Å². The Hall–Kier alpha value is -1.06. The fourth-order valence-corrected chi connectivity index (χ4v) is 2.87. The number of fused-ring (bicyclic) bond motifs is 1. The molecular formula is C15H22N2O. The highest BCUT2D eigenvalue weighted by Gasteiger charge is 2.23. The number of rotatable bonds is 2. The molecule has 1 saturated heterocycles. The molecule has 0 aromatic heterocycles. The van der Waals surface area contributed by atoms with E-state index in [2.05, 4.69) is 42.0 Å². The predicted octanol–water partition coefficient (Wildman–Crippen LogP) is 1.76. The molecule has 0 amide bonds. The van der Waals surface area contributed by atoms with E-state index in [9.17, 15) is 0 Å². The van der Waals surface area contributed by atoms with Crippen molar-refractivity contribution in [3.8, 4) is 5.75 Å². The fraction of sp³-hybridized carbons (Fsp3) is 0.600. The predicted molar refractivity (Wildman–Crippen MR) is 73.0 cm³/mol. The second kappa shape index (κ2) is 4.90. The van der Waals surface area contributed by atoms with Crippen molar-refractivity contribution in [2.45, 2.75) is 26.0 Å². The summed E-state index contributed by atoms with van der Waals surface area (Å²) in [7, 11) is 2.20. The van der Waals surface area contributed by atoms with E-state index in [0.717, 1.165) is 31.8 Å². The Balaban J connectivity index is 1.72. The number of hydrogen-bond donors (Lipinski definition) is 0. The Kier molecular flexibility index (Phi) is 3.27. The number of para-hydroxylation sites is 1. The third-order valence-electron chi connectivity index (χ3n) is 3.99. The molecule has 1 atom stereocenters. The Labute approximate surface area is 109 Å². The molecule has 98 valence electrons. The summed E-state index contributed by atoms with van der Waals surface area (Å²) in [5.41, 5.74) is 2.75. The largest absolute Gasteiger partial charge is 0.490 e. The van der Waals surface area contributed by atoms with Crippen LogP contribution in [0.5, 0.6) is 5.75 Å². The lowest BCUT2D eigenvalue weighted by Gasteiger charge is -2.32. The van der Waals surface area contributed by atoms with Crippen molar-refractivity contribution in [1.82, 2.24) is 9.80 Å². The van der Waals surface area contributed by atoms with Crippen LogP contribution in [0.4, 0.5) is 0 Å². The Morgan fingerprint density at radius 3 is 2.78 bits per heavy atom. The second-order valence-electron chi connectivity index (χ2n) is 5.62. The zero-order chi connectivity index (χ0) is 12.5. The van der Waals surface area contributed by atoms with Crippen LogP contribution >= 0.6 is 0 Å². The molecule has 1 unspecified atom stereocenters. The van der Waals surface area contributed by atoms with Crippen LogP contribution in [0.1, 0.15) is 18.1 Å². The van der Waals surface area contributed by atoms with Crippen LogP contribution < -0.4 is 4.74 Å². The highest BCUT2D eigenvalue weighted by molar-refractivity contribution is 5.44. The van der Waals surface area contributed by atoms with Crippen LogP contribution in [0.25, 0.3) is 0 Å². The lowest BCUT2D eigenvalue weighted by molar-refractivity contribution is 0.146. The summed E-state index contributed by atoms with van der Waals surface area (Å²) in [6.45, 7) is 7.85. The summed E-state index contributed by atoms with van der Waals surface area (Å²) in [6.07, 6.45) is 1.40. The summed E-state index contributed by atoms with van der Waals surface area (Å²) in [5, 5.41) is 0. The van der Waals surface area contributed by atoms with Gasteiger partial charge in [0.05, 0.1) is 0 Å². The summed E-state index contributed by atoms with van der Waals surface area (Å²) >= 11 is 0. The smallest absolute Gasteiger partial charge is 0.127 e. The highest BCUT2D eigenvalue weighted by atomic mass is 16.5. The lowest BCUT2D eigenvalue weighted by atomic mass is 10.1. The molecular weight excluding hydrogens is 224 g/mol. The average Bonchev–Trinajstić information content (AvgIpc) is 2.73. The Bertz CT molecular complexity index is 425. The van der Waals surface area contributed by atoms with Crippen LogP contribution in [-0.2, 0) is 13.0 Å². The normalized spacial score (nSPS) is 24.9. The number of hydrogen-bond acceptors (Lipinski definition) is 3. The molecule has 1 aromatic carbocycles. The lowest BCUT2D eigenvalue weighted by Crippen LogP contribution is -2.43. The minimum absolute atomic E-state index is 0.341. The van der Waals surface area contributed by atoms with Gasteiger partial charge in [0.15, 0.2) is 0 Å². The fourth-order valence-electron chi connectivity index (χ4n) is 2.87. The molecule has 3 nitrogen and oxygen atoms in total. The number of likely N-dealkylation sites (N-methyl/N-ethyl adjacent to an activating group) is 1.